The molecule has 11 nitrogen and oxygen atoms in total. The van der Waals surface area contributed by atoms with Crippen LogP contribution >= 0.6 is 0 Å². The summed E-state index contributed by atoms with van der Waals surface area (Å²) in [6, 6.07) is 15.3. The highest BCUT2D eigenvalue weighted by Crippen LogP contribution is 2.30. The maximum absolute atomic E-state index is 12.3. The van der Waals surface area contributed by atoms with Gasteiger partial charge in [-0.3, -0.25) is 14.9 Å². The molecule has 0 radical (unpaired) electrons. The van der Waals surface area contributed by atoms with Crippen LogP contribution in [0.2, 0.25) is 0 Å². The van der Waals surface area contributed by atoms with E-state index in [0.29, 0.717) is 11.3 Å². The number of rotatable bonds is 10. The molecule has 0 spiro atoms. The molecule has 0 aliphatic rings. The van der Waals surface area contributed by atoms with Crippen molar-refractivity contribution in [2.24, 2.45) is 0 Å². The van der Waals surface area contributed by atoms with E-state index in [1.807, 2.05) is 6.07 Å². The maximum atomic E-state index is 12.3. The van der Waals surface area contributed by atoms with Crippen LogP contribution in [0.15, 0.2) is 70.9 Å². The van der Waals surface area contributed by atoms with E-state index in [1.54, 1.807) is 12.1 Å². The number of methoxy groups -OCH3 is 1. The van der Waals surface area contributed by atoms with Crippen molar-refractivity contribution in [2.45, 2.75) is 6.54 Å². The number of benzene rings is 2. The van der Waals surface area contributed by atoms with Gasteiger partial charge in [0.1, 0.15) is 17.4 Å². The summed E-state index contributed by atoms with van der Waals surface area (Å²) < 4.78 is 20.8. The Labute approximate surface area is 199 Å². The van der Waals surface area contributed by atoms with Gasteiger partial charge in [0.05, 0.1) is 24.8 Å². The highest BCUT2D eigenvalue weighted by molar-refractivity contribution is 6.01. The van der Waals surface area contributed by atoms with Gasteiger partial charge in [-0.05, 0) is 42.0 Å². The van der Waals surface area contributed by atoms with E-state index in [4.69, 9.17) is 18.6 Å². The van der Waals surface area contributed by atoms with Crippen LogP contribution in [0, 0.1) is 21.4 Å². The number of esters is 1. The van der Waals surface area contributed by atoms with Gasteiger partial charge in [0.2, 0.25) is 0 Å². The zero-order valence-electron chi connectivity index (χ0n) is 18.4. The molecule has 2 aromatic carbocycles. The Balaban J connectivity index is 1.66. The van der Waals surface area contributed by atoms with Gasteiger partial charge in [0.15, 0.2) is 23.9 Å². The number of nitriles is 1. The molecule has 0 aliphatic heterocycles. The summed E-state index contributed by atoms with van der Waals surface area (Å²) in [4.78, 5) is 34.9. The predicted molar refractivity (Wildman–Crippen MR) is 121 cm³/mol. The molecular formula is C24H19N3O8. The molecule has 0 bridgehead atoms. The summed E-state index contributed by atoms with van der Waals surface area (Å²) >= 11 is 0. The smallest absolute Gasteiger partial charge is 0.349 e. The lowest BCUT2D eigenvalue weighted by molar-refractivity contribution is -0.385. The van der Waals surface area contributed by atoms with Gasteiger partial charge >= 0.3 is 11.7 Å². The number of nitrogens with one attached hydrogen (secondary N) is 1. The highest BCUT2D eigenvalue weighted by atomic mass is 16.6. The van der Waals surface area contributed by atoms with Crippen molar-refractivity contribution in [3.63, 3.8) is 0 Å². The molecule has 178 valence electrons. The lowest BCUT2D eigenvalue weighted by Crippen LogP contribution is -2.23. The minimum Gasteiger partial charge on any atom is -0.493 e. The number of para-hydroxylation sites is 2. The zero-order chi connectivity index (χ0) is 25.2. The van der Waals surface area contributed by atoms with Crippen molar-refractivity contribution in [2.75, 3.05) is 13.7 Å². The van der Waals surface area contributed by atoms with Gasteiger partial charge in [-0.25, -0.2) is 4.79 Å². The fourth-order valence-corrected chi connectivity index (χ4v) is 2.87. The van der Waals surface area contributed by atoms with Crippen LogP contribution in [0.3, 0.4) is 0 Å². The quantitative estimate of drug-likeness (QED) is 0.115. The Morgan fingerprint density at radius 1 is 1.14 bits per heavy atom. The van der Waals surface area contributed by atoms with Crippen LogP contribution in [-0.4, -0.2) is 30.5 Å². The third kappa shape index (κ3) is 6.69. The summed E-state index contributed by atoms with van der Waals surface area (Å²) in [5, 5.41) is 23.0. The first-order valence-electron chi connectivity index (χ1n) is 10.1. The van der Waals surface area contributed by atoms with Crippen molar-refractivity contribution in [3.8, 4) is 23.3 Å². The van der Waals surface area contributed by atoms with Crippen molar-refractivity contribution in [1.29, 1.82) is 5.26 Å². The Morgan fingerprint density at radius 3 is 2.63 bits per heavy atom. The molecule has 1 aromatic heterocycles. The minimum atomic E-state index is -0.820. The fraction of sp³-hybridized carbons (Fsp3) is 0.125. The summed E-state index contributed by atoms with van der Waals surface area (Å²) in [5.74, 6) is -0.733. The van der Waals surface area contributed by atoms with Gasteiger partial charge in [-0.15, -0.1) is 0 Å². The molecule has 0 fully saturated rings. The van der Waals surface area contributed by atoms with Gasteiger partial charge in [0.25, 0.3) is 5.91 Å². The molecule has 0 aliphatic carbocycles. The topological polar surface area (TPSA) is 154 Å². The second-order valence-corrected chi connectivity index (χ2v) is 6.83. The third-order valence-corrected chi connectivity index (χ3v) is 4.50. The van der Waals surface area contributed by atoms with Crippen molar-refractivity contribution in [1.82, 2.24) is 5.32 Å². The van der Waals surface area contributed by atoms with E-state index >= 15 is 0 Å². The predicted octanol–water partition coefficient (Wildman–Crippen LogP) is 3.40. The number of carbonyl (C=O) groups excluding carboxylic acids is 2. The molecule has 35 heavy (non-hydrogen) atoms. The van der Waals surface area contributed by atoms with Crippen LogP contribution in [0.1, 0.15) is 11.3 Å². The van der Waals surface area contributed by atoms with Crippen LogP contribution < -0.4 is 19.5 Å². The van der Waals surface area contributed by atoms with Crippen LogP contribution in [-0.2, 0) is 16.1 Å². The molecule has 1 amide bonds. The molecule has 3 aromatic rings. The Morgan fingerprint density at radius 2 is 1.94 bits per heavy atom. The second-order valence-electron chi connectivity index (χ2n) is 6.83. The largest absolute Gasteiger partial charge is 0.493 e. The van der Waals surface area contributed by atoms with Crippen molar-refractivity contribution >= 4 is 23.6 Å². The Bertz CT molecular complexity index is 1290. The van der Waals surface area contributed by atoms with Crippen molar-refractivity contribution < 1.29 is 33.1 Å². The lowest BCUT2D eigenvalue weighted by Gasteiger charge is -2.11. The molecule has 0 atom stereocenters. The van der Waals surface area contributed by atoms with E-state index in [-0.39, 0.29) is 35.1 Å². The van der Waals surface area contributed by atoms with E-state index in [0.717, 1.165) is 0 Å². The zero-order valence-corrected chi connectivity index (χ0v) is 18.4. The molecule has 11 heteroatoms. The van der Waals surface area contributed by atoms with Gasteiger partial charge in [-0.1, -0.05) is 18.2 Å². The monoisotopic (exact) mass is 477 g/mol. The fourth-order valence-electron chi connectivity index (χ4n) is 2.87. The van der Waals surface area contributed by atoms with Crippen LogP contribution in [0.25, 0.3) is 6.08 Å². The Hall–Kier alpha value is -5.11. The van der Waals surface area contributed by atoms with E-state index in [2.05, 4.69) is 5.32 Å². The number of ether oxygens (including phenoxy) is 3. The SMILES string of the molecule is COc1cc(/C=C(\C#N)C(=O)NCc2ccco2)ccc1OC(=O)COc1ccccc1[N+](=O)[O-]. The number of nitro groups is 1. The van der Waals surface area contributed by atoms with Gasteiger partial charge in [-0.2, -0.15) is 5.26 Å². The number of furan rings is 1. The second kappa shape index (κ2) is 11.7. The molecule has 1 N–H and O–H groups in total. The summed E-state index contributed by atoms with van der Waals surface area (Å²) in [5.41, 5.74) is 0.0132. The summed E-state index contributed by atoms with van der Waals surface area (Å²) in [6.45, 7) is -0.457. The first-order chi connectivity index (χ1) is 16.9. The molecule has 0 saturated heterocycles. The van der Waals surface area contributed by atoms with Crippen LogP contribution in [0.5, 0.6) is 17.2 Å². The first kappa shape index (κ1) is 24.5. The molecular weight excluding hydrogens is 458 g/mol. The molecule has 0 unspecified atom stereocenters. The first-order valence-corrected chi connectivity index (χ1v) is 10.1. The third-order valence-electron chi connectivity index (χ3n) is 4.50. The molecule has 0 saturated carbocycles. The summed E-state index contributed by atoms with van der Waals surface area (Å²) in [6.07, 6.45) is 2.82. The van der Waals surface area contributed by atoms with Gasteiger partial charge in [0, 0.05) is 6.07 Å². The average molecular weight is 477 g/mol. The average Bonchev–Trinajstić information content (AvgIpc) is 3.39. The number of carbonyl (C=O) groups is 2. The normalized spacial score (nSPS) is 10.7. The van der Waals surface area contributed by atoms with E-state index < -0.39 is 23.4 Å². The van der Waals surface area contributed by atoms with Crippen molar-refractivity contribution in [3.05, 3.63) is 87.9 Å². The highest BCUT2D eigenvalue weighted by Gasteiger charge is 2.17. The van der Waals surface area contributed by atoms with Gasteiger partial charge < -0.3 is 23.9 Å². The lowest BCUT2D eigenvalue weighted by atomic mass is 10.1. The van der Waals surface area contributed by atoms with E-state index in [1.165, 1.54) is 61.9 Å². The number of hydrogen-bond donors (Lipinski definition) is 1. The number of nitrogens with zero attached hydrogens (tertiary/aromatic N) is 2. The minimum absolute atomic E-state index is 0.0570. The molecule has 1 heterocycles. The number of amides is 1. The molecule has 3 rings (SSSR count). The Kier molecular flexibility index (Phi) is 8.18. The number of nitro benzene ring substituents is 1. The van der Waals surface area contributed by atoms with E-state index in [9.17, 15) is 25.0 Å². The maximum Gasteiger partial charge on any atom is 0.349 e. The number of hydrogen-bond acceptors (Lipinski definition) is 9. The van der Waals surface area contributed by atoms with Crippen LogP contribution in [0.4, 0.5) is 5.69 Å². The summed E-state index contributed by atoms with van der Waals surface area (Å²) in [7, 11) is 1.35. The standard InChI is InChI=1S/C24H19N3O8/c1-32-22-12-16(11-17(13-25)24(29)26-14-18-5-4-10-33-18)8-9-21(22)35-23(28)15-34-20-7-3-2-6-19(20)27(30)31/h2-12H,14-15H2,1H3,(H,26,29)/b17-11+.